The first-order valence-corrected chi connectivity index (χ1v) is 4.73. The quantitative estimate of drug-likeness (QED) is 0.599. The number of ether oxygens (including phenoxy) is 1. The molecule has 1 heterocycles. The molecule has 0 atom stereocenters. The third-order valence-electron chi connectivity index (χ3n) is 1.78. The fourth-order valence-electron chi connectivity index (χ4n) is 1.13. The van der Waals surface area contributed by atoms with E-state index < -0.39 is 4.92 Å². The van der Waals surface area contributed by atoms with Crippen LogP contribution in [0.3, 0.4) is 0 Å². The third-order valence-corrected chi connectivity index (χ3v) is 1.78. The molecule has 92 valence electrons. The smallest absolute Gasteiger partial charge is 0.350 e. The van der Waals surface area contributed by atoms with Gasteiger partial charge in [0.25, 0.3) is 0 Å². The summed E-state index contributed by atoms with van der Waals surface area (Å²) in [6.07, 6.45) is 2.09. The van der Waals surface area contributed by atoms with Gasteiger partial charge in [0.05, 0.1) is 11.5 Å². The SMILES string of the molecule is CCOc1nn(CCCN)cc1[N+](=O)[O-].Cl. The molecule has 0 fully saturated rings. The van der Waals surface area contributed by atoms with Crippen molar-refractivity contribution in [3.8, 4) is 5.88 Å². The number of nitro groups is 1. The molecule has 8 heteroatoms. The van der Waals surface area contributed by atoms with Crippen LogP contribution in [0, 0.1) is 10.1 Å². The molecular formula is C8H15ClN4O3. The van der Waals surface area contributed by atoms with E-state index in [1.807, 2.05) is 0 Å². The second-order valence-corrected chi connectivity index (χ2v) is 2.91. The number of nitrogens with two attached hydrogens (primary N) is 1. The minimum atomic E-state index is -0.503. The van der Waals surface area contributed by atoms with Gasteiger partial charge >= 0.3 is 11.6 Å². The molecule has 0 radical (unpaired) electrons. The first-order valence-electron chi connectivity index (χ1n) is 4.73. The lowest BCUT2D eigenvalue weighted by atomic mass is 10.4. The molecule has 0 amide bonds. The molecule has 16 heavy (non-hydrogen) atoms. The summed E-state index contributed by atoms with van der Waals surface area (Å²) in [5, 5.41) is 14.6. The fourth-order valence-corrected chi connectivity index (χ4v) is 1.13. The van der Waals surface area contributed by atoms with Gasteiger partial charge in [0.15, 0.2) is 0 Å². The molecular weight excluding hydrogens is 236 g/mol. The average molecular weight is 251 g/mol. The summed E-state index contributed by atoms with van der Waals surface area (Å²) in [5.74, 6) is 0.0690. The largest absolute Gasteiger partial charge is 0.472 e. The number of hydrogen-bond acceptors (Lipinski definition) is 5. The highest BCUT2D eigenvalue weighted by Crippen LogP contribution is 2.24. The Hall–Kier alpha value is -1.34. The summed E-state index contributed by atoms with van der Waals surface area (Å²) in [5.41, 5.74) is 5.23. The molecule has 0 aliphatic rings. The van der Waals surface area contributed by atoms with Crippen LogP contribution >= 0.6 is 12.4 Å². The first-order chi connectivity index (χ1) is 7.19. The van der Waals surface area contributed by atoms with E-state index >= 15 is 0 Å². The minimum absolute atomic E-state index is 0. The maximum Gasteiger partial charge on any atom is 0.350 e. The maximum atomic E-state index is 10.6. The van der Waals surface area contributed by atoms with Crippen LogP contribution in [0.5, 0.6) is 5.88 Å². The van der Waals surface area contributed by atoms with Crippen LogP contribution in [0.2, 0.25) is 0 Å². The molecule has 1 rings (SSSR count). The number of hydrogen-bond donors (Lipinski definition) is 1. The lowest BCUT2D eigenvalue weighted by Gasteiger charge is -1.97. The zero-order valence-corrected chi connectivity index (χ0v) is 9.77. The summed E-state index contributed by atoms with van der Waals surface area (Å²) in [6.45, 7) is 3.19. The standard InChI is InChI=1S/C8H14N4O3.ClH/c1-2-15-8-7(12(13)14)6-11(10-8)5-3-4-9;/h6H,2-5,9H2,1H3;1H. The Morgan fingerprint density at radius 2 is 2.38 bits per heavy atom. The van der Waals surface area contributed by atoms with Crippen molar-refractivity contribution in [2.24, 2.45) is 5.73 Å². The number of aromatic nitrogens is 2. The highest BCUT2D eigenvalue weighted by molar-refractivity contribution is 5.85. The third kappa shape index (κ3) is 3.67. The topological polar surface area (TPSA) is 96.2 Å². The minimum Gasteiger partial charge on any atom is -0.472 e. The van der Waals surface area contributed by atoms with Gasteiger partial charge in [-0.25, -0.2) is 0 Å². The summed E-state index contributed by atoms with van der Waals surface area (Å²) >= 11 is 0. The lowest BCUT2D eigenvalue weighted by Crippen LogP contribution is -2.06. The number of halogens is 1. The zero-order valence-electron chi connectivity index (χ0n) is 8.96. The van der Waals surface area contributed by atoms with Crippen LogP contribution in [0.15, 0.2) is 6.20 Å². The van der Waals surface area contributed by atoms with E-state index in [4.69, 9.17) is 10.5 Å². The molecule has 0 bridgehead atoms. The van der Waals surface area contributed by atoms with E-state index in [0.29, 0.717) is 19.7 Å². The Kier molecular flexibility index (Phi) is 6.43. The Balaban J connectivity index is 0.00000225. The van der Waals surface area contributed by atoms with Gasteiger partial charge in [0, 0.05) is 6.54 Å². The molecule has 0 unspecified atom stereocenters. The highest BCUT2D eigenvalue weighted by atomic mass is 35.5. The van der Waals surface area contributed by atoms with Gasteiger partial charge < -0.3 is 10.5 Å². The van der Waals surface area contributed by atoms with Gasteiger partial charge in [-0.2, -0.15) is 0 Å². The Morgan fingerprint density at radius 1 is 1.69 bits per heavy atom. The Bertz CT molecular complexity index is 342. The fraction of sp³-hybridized carbons (Fsp3) is 0.625. The van der Waals surface area contributed by atoms with Crippen molar-refractivity contribution in [2.45, 2.75) is 19.9 Å². The van der Waals surface area contributed by atoms with Crippen molar-refractivity contribution in [2.75, 3.05) is 13.2 Å². The molecule has 0 aliphatic heterocycles. The summed E-state index contributed by atoms with van der Waals surface area (Å²) in [6, 6.07) is 0. The predicted octanol–water partition coefficient (Wildman–Crippen LogP) is 0.961. The molecule has 0 aliphatic carbocycles. The second-order valence-electron chi connectivity index (χ2n) is 2.91. The molecule has 0 aromatic carbocycles. The first kappa shape index (κ1) is 14.7. The molecule has 0 spiro atoms. The van der Waals surface area contributed by atoms with Crippen molar-refractivity contribution >= 4 is 18.1 Å². The van der Waals surface area contributed by atoms with Crippen LogP contribution in [-0.4, -0.2) is 27.9 Å². The van der Waals surface area contributed by atoms with Crippen LogP contribution in [0.4, 0.5) is 5.69 Å². The van der Waals surface area contributed by atoms with Crippen molar-refractivity contribution in [1.29, 1.82) is 0 Å². The highest BCUT2D eigenvalue weighted by Gasteiger charge is 2.20. The average Bonchev–Trinajstić information content (AvgIpc) is 2.59. The van der Waals surface area contributed by atoms with Gasteiger partial charge in [0.1, 0.15) is 6.20 Å². The number of nitrogens with zero attached hydrogens (tertiary/aromatic N) is 3. The molecule has 2 N–H and O–H groups in total. The Labute approximate surface area is 99.1 Å². The number of aryl methyl sites for hydroxylation is 1. The second kappa shape index (κ2) is 7.02. The van der Waals surface area contributed by atoms with Crippen LogP contribution in [-0.2, 0) is 6.54 Å². The van der Waals surface area contributed by atoms with Gasteiger partial charge in [-0.3, -0.25) is 14.8 Å². The van der Waals surface area contributed by atoms with E-state index in [1.165, 1.54) is 10.9 Å². The normalized spacial score (nSPS) is 9.62. The lowest BCUT2D eigenvalue weighted by molar-refractivity contribution is -0.385. The van der Waals surface area contributed by atoms with Gasteiger partial charge in [-0.15, -0.1) is 17.5 Å². The van der Waals surface area contributed by atoms with Crippen LogP contribution < -0.4 is 10.5 Å². The number of rotatable bonds is 6. The molecule has 7 nitrogen and oxygen atoms in total. The van der Waals surface area contributed by atoms with Crippen molar-refractivity contribution in [3.05, 3.63) is 16.3 Å². The monoisotopic (exact) mass is 250 g/mol. The predicted molar refractivity (Wildman–Crippen MR) is 61.0 cm³/mol. The van der Waals surface area contributed by atoms with E-state index in [1.54, 1.807) is 6.92 Å². The van der Waals surface area contributed by atoms with Gasteiger partial charge in [-0.1, -0.05) is 0 Å². The summed E-state index contributed by atoms with van der Waals surface area (Å²) in [4.78, 5) is 10.1. The van der Waals surface area contributed by atoms with Crippen molar-refractivity contribution < 1.29 is 9.66 Å². The molecule has 1 aromatic heterocycles. The summed E-state index contributed by atoms with van der Waals surface area (Å²) in [7, 11) is 0. The van der Waals surface area contributed by atoms with Gasteiger partial charge in [0.2, 0.25) is 0 Å². The van der Waals surface area contributed by atoms with E-state index in [2.05, 4.69) is 5.10 Å². The summed E-state index contributed by atoms with van der Waals surface area (Å²) < 4.78 is 6.54. The van der Waals surface area contributed by atoms with Crippen molar-refractivity contribution in [1.82, 2.24) is 9.78 Å². The van der Waals surface area contributed by atoms with E-state index in [-0.39, 0.29) is 24.0 Å². The molecule has 1 aromatic rings. The maximum absolute atomic E-state index is 10.6. The molecule has 0 saturated heterocycles. The van der Waals surface area contributed by atoms with E-state index in [9.17, 15) is 10.1 Å². The van der Waals surface area contributed by atoms with Crippen LogP contribution in [0.25, 0.3) is 0 Å². The zero-order chi connectivity index (χ0) is 11.3. The van der Waals surface area contributed by atoms with Crippen molar-refractivity contribution in [3.63, 3.8) is 0 Å². The molecule has 0 saturated carbocycles. The Morgan fingerprint density at radius 3 is 2.88 bits per heavy atom. The van der Waals surface area contributed by atoms with Gasteiger partial charge in [-0.05, 0) is 19.9 Å². The van der Waals surface area contributed by atoms with Crippen LogP contribution in [0.1, 0.15) is 13.3 Å². The van der Waals surface area contributed by atoms with E-state index in [0.717, 1.165) is 6.42 Å².